The smallest absolute Gasteiger partial charge is 0.213 e. The molecule has 0 aliphatic heterocycles. The van der Waals surface area contributed by atoms with Crippen molar-refractivity contribution in [3.63, 3.8) is 0 Å². The third-order valence-corrected chi connectivity index (χ3v) is 2.74. The van der Waals surface area contributed by atoms with Crippen LogP contribution in [0.3, 0.4) is 0 Å². The van der Waals surface area contributed by atoms with Crippen molar-refractivity contribution in [3.05, 3.63) is 53.7 Å². The molecular weight excluding hydrogens is 242 g/mol. The van der Waals surface area contributed by atoms with Crippen LogP contribution in [0, 0.1) is 0 Å². The first kappa shape index (κ1) is 13.4. The standard InChI is InChI=1S/C15H17NO3/c1-11(17)12-6-8-14(9-7-12)19-10-13-4-3-5-15(16-13)18-2/h3-9,11,17H,10H2,1-2H3. The fourth-order valence-electron chi connectivity index (χ4n) is 1.65. The number of hydrogen-bond donors (Lipinski definition) is 1. The summed E-state index contributed by atoms with van der Waals surface area (Å²) >= 11 is 0. The van der Waals surface area contributed by atoms with Crippen LogP contribution in [-0.2, 0) is 6.61 Å². The number of pyridine rings is 1. The molecule has 1 aromatic heterocycles. The van der Waals surface area contributed by atoms with E-state index in [0.29, 0.717) is 12.5 Å². The van der Waals surface area contributed by atoms with Crippen molar-refractivity contribution in [2.24, 2.45) is 0 Å². The number of ether oxygens (including phenoxy) is 2. The zero-order valence-electron chi connectivity index (χ0n) is 11.0. The van der Waals surface area contributed by atoms with E-state index < -0.39 is 6.10 Å². The summed E-state index contributed by atoms with van der Waals surface area (Å²) in [5.74, 6) is 1.32. The van der Waals surface area contributed by atoms with E-state index in [0.717, 1.165) is 17.0 Å². The second-order valence-corrected chi connectivity index (χ2v) is 4.20. The van der Waals surface area contributed by atoms with Crippen LogP contribution >= 0.6 is 0 Å². The molecule has 100 valence electrons. The fourth-order valence-corrected chi connectivity index (χ4v) is 1.65. The lowest BCUT2D eigenvalue weighted by Crippen LogP contribution is -1.99. The first-order chi connectivity index (χ1) is 9.19. The van der Waals surface area contributed by atoms with Gasteiger partial charge in [0, 0.05) is 6.07 Å². The van der Waals surface area contributed by atoms with Gasteiger partial charge in [0.25, 0.3) is 0 Å². The summed E-state index contributed by atoms with van der Waals surface area (Å²) in [5.41, 5.74) is 1.67. The van der Waals surface area contributed by atoms with Crippen LogP contribution in [0.1, 0.15) is 24.3 Å². The van der Waals surface area contributed by atoms with Crippen molar-refractivity contribution in [1.29, 1.82) is 0 Å². The zero-order chi connectivity index (χ0) is 13.7. The highest BCUT2D eigenvalue weighted by atomic mass is 16.5. The molecule has 0 saturated heterocycles. The van der Waals surface area contributed by atoms with E-state index in [1.54, 1.807) is 20.1 Å². The Labute approximate surface area is 112 Å². The number of aromatic nitrogens is 1. The molecular formula is C15H17NO3. The second-order valence-electron chi connectivity index (χ2n) is 4.20. The van der Waals surface area contributed by atoms with Crippen molar-refractivity contribution in [1.82, 2.24) is 4.98 Å². The number of aliphatic hydroxyl groups excluding tert-OH is 1. The van der Waals surface area contributed by atoms with Gasteiger partial charge in [-0.15, -0.1) is 0 Å². The topological polar surface area (TPSA) is 51.6 Å². The average molecular weight is 259 g/mol. The predicted molar refractivity (Wildman–Crippen MR) is 72.2 cm³/mol. The van der Waals surface area contributed by atoms with Crippen molar-refractivity contribution in [3.8, 4) is 11.6 Å². The monoisotopic (exact) mass is 259 g/mol. The molecule has 2 aromatic rings. The molecule has 1 atom stereocenters. The lowest BCUT2D eigenvalue weighted by molar-refractivity contribution is 0.199. The molecule has 4 nitrogen and oxygen atoms in total. The normalized spacial score (nSPS) is 11.9. The van der Waals surface area contributed by atoms with Crippen LogP contribution in [0.15, 0.2) is 42.5 Å². The Kier molecular flexibility index (Phi) is 4.36. The molecule has 2 rings (SSSR count). The van der Waals surface area contributed by atoms with Gasteiger partial charge in [-0.05, 0) is 30.7 Å². The van der Waals surface area contributed by atoms with Gasteiger partial charge >= 0.3 is 0 Å². The molecule has 0 amide bonds. The van der Waals surface area contributed by atoms with Gasteiger partial charge in [0.05, 0.1) is 18.9 Å². The average Bonchev–Trinajstić information content (AvgIpc) is 2.46. The Bertz CT molecular complexity index is 523. The summed E-state index contributed by atoms with van der Waals surface area (Å²) in [7, 11) is 1.59. The number of aliphatic hydroxyl groups is 1. The van der Waals surface area contributed by atoms with E-state index in [1.807, 2.05) is 36.4 Å². The predicted octanol–water partition coefficient (Wildman–Crippen LogP) is 2.72. The molecule has 1 aromatic carbocycles. The van der Waals surface area contributed by atoms with E-state index in [9.17, 15) is 5.11 Å². The maximum absolute atomic E-state index is 9.42. The van der Waals surface area contributed by atoms with Crippen LogP contribution < -0.4 is 9.47 Å². The van der Waals surface area contributed by atoms with E-state index in [1.165, 1.54) is 0 Å². The van der Waals surface area contributed by atoms with Crippen LogP contribution in [0.4, 0.5) is 0 Å². The molecule has 0 aliphatic carbocycles. The highest BCUT2D eigenvalue weighted by Gasteiger charge is 2.02. The minimum absolute atomic E-state index is 0.380. The minimum Gasteiger partial charge on any atom is -0.487 e. The molecule has 4 heteroatoms. The Hall–Kier alpha value is -2.07. The number of nitrogens with zero attached hydrogens (tertiary/aromatic N) is 1. The van der Waals surface area contributed by atoms with Gasteiger partial charge in [-0.25, -0.2) is 4.98 Å². The Morgan fingerprint density at radius 3 is 2.53 bits per heavy atom. The molecule has 0 bridgehead atoms. The van der Waals surface area contributed by atoms with E-state index in [2.05, 4.69) is 4.98 Å². The van der Waals surface area contributed by atoms with Crippen molar-refractivity contribution in [2.75, 3.05) is 7.11 Å². The largest absolute Gasteiger partial charge is 0.487 e. The summed E-state index contributed by atoms with van der Waals surface area (Å²) in [6, 6.07) is 12.9. The summed E-state index contributed by atoms with van der Waals surface area (Å²) in [4.78, 5) is 4.26. The first-order valence-electron chi connectivity index (χ1n) is 6.10. The molecule has 0 saturated carbocycles. The minimum atomic E-state index is -0.464. The lowest BCUT2D eigenvalue weighted by Gasteiger charge is -2.08. The Balaban J connectivity index is 1.98. The van der Waals surface area contributed by atoms with Gasteiger partial charge in [0.15, 0.2) is 0 Å². The van der Waals surface area contributed by atoms with Gasteiger partial charge < -0.3 is 14.6 Å². The quantitative estimate of drug-likeness (QED) is 0.897. The number of benzene rings is 1. The first-order valence-corrected chi connectivity index (χ1v) is 6.10. The van der Waals surface area contributed by atoms with Crippen LogP contribution in [0.2, 0.25) is 0 Å². The molecule has 1 N–H and O–H groups in total. The molecule has 0 spiro atoms. The number of methoxy groups -OCH3 is 1. The molecule has 0 aliphatic rings. The van der Waals surface area contributed by atoms with Crippen molar-refractivity contribution in [2.45, 2.75) is 19.6 Å². The van der Waals surface area contributed by atoms with E-state index in [-0.39, 0.29) is 0 Å². The third-order valence-electron chi connectivity index (χ3n) is 2.74. The lowest BCUT2D eigenvalue weighted by atomic mass is 10.1. The summed E-state index contributed by atoms with van der Waals surface area (Å²) < 4.78 is 10.7. The van der Waals surface area contributed by atoms with Crippen molar-refractivity contribution < 1.29 is 14.6 Å². The molecule has 19 heavy (non-hydrogen) atoms. The van der Waals surface area contributed by atoms with Gasteiger partial charge in [-0.2, -0.15) is 0 Å². The van der Waals surface area contributed by atoms with Gasteiger partial charge in [0.2, 0.25) is 5.88 Å². The Morgan fingerprint density at radius 2 is 1.89 bits per heavy atom. The highest BCUT2D eigenvalue weighted by molar-refractivity contribution is 5.28. The maximum Gasteiger partial charge on any atom is 0.213 e. The van der Waals surface area contributed by atoms with E-state index >= 15 is 0 Å². The highest BCUT2D eigenvalue weighted by Crippen LogP contribution is 2.18. The number of hydrogen-bond acceptors (Lipinski definition) is 4. The second kappa shape index (κ2) is 6.20. The Morgan fingerprint density at radius 1 is 1.16 bits per heavy atom. The zero-order valence-corrected chi connectivity index (χ0v) is 11.0. The van der Waals surface area contributed by atoms with Gasteiger partial charge in [-0.3, -0.25) is 0 Å². The van der Waals surface area contributed by atoms with Gasteiger partial charge in [-0.1, -0.05) is 18.2 Å². The molecule has 1 heterocycles. The van der Waals surface area contributed by atoms with Gasteiger partial charge in [0.1, 0.15) is 12.4 Å². The molecule has 0 fully saturated rings. The van der Waals surface area contributed by atoms with Crippen LogP contribution in [0.5, 0.6) is 11.6 Å². The van der Waals surface area contributed by atoms with Crippen LogP contribution in [0.25, 0.3) is 0 Å². The number of rotatable bonds is 5. The summed E-state index contributed by atoms with van der Waals surface area (Å²) in [6.07, 6.45) is -0.464. The van der Waals surface area contributed by atoms with Crippen LogP contribution in [-0.4, -0.2) is 17.2 Å². The summed E-state index contributed by atoms with van der Waals surface area (Å²) in [6.45, 7) is 2.11. The third kappa shape index (κ3) is 3.69. The van der Waals surface area contributed by atoms with E-state index in [4.69, 9.17) is 9.47 Å². The molecule has 0 radical (unpaired) electrons. The SMILES string of the molecule is COc1cccc(COc2ccc(C(C)O)cc2)n1. The maximum atomic E-state index is 9.42. The fraction of sp³-hybridized carbons (Fsp3) is 0.267. The van der Waals surface area contributed by atoms with Crippen molar-refractivity contribution >= 4 is 0 Å². The summed E-state index contributed by atoms with van der Waals surface area (Å²) in [5, 5.41) is 9.42. The molecule has 1 unspecified atom stereocenters.